The second kappa shape index (κ2) is 8.70. The Bertz CT molecular complexity index is 609. The minimum Gasteiger partial charge on any atom is -0.347 e. The number of nitrogens with one attached hydrogen (secondary N) is 1. The molecule has 0 saturated heterocycles. The van der Waals surface area contributed by atoms with Crippen LogP contribution in [0.4, 0.5) is 0 Å². The summed E-state index contributed by atoms with van der Waals surface area (Å²) in [6.45, 7) is 4.61. The number of carbonyl (C=O) groups excluding carboxylic acids is 1. The highest BCUT2D eigenvalue weighted by atomic mass is 35.5. The van der Waals surface area contributed by atoms with Gasteiger partial charge in [-0.25, -0.2) is 0 Å². The smallest absolute Gasteiger partial charge is 0.251 e. The van der Waals surface area contributed by atoms with Gasteiger partial charge in [0.2, 0.25) is 0 Å². The minimum atomic E-state index is -0.251. The standard InChI is InChI=1S/C19H24N2O.ClH/c1-19(2,13-12-15-6-4-3-5-7-15)21-18(22)17-10-8-16(14-20)9-11-17;/h3-11H,12-14,20H2,1-2H3,(H,21,22);1H. The van der Waals surface area contributed by atoms with E-state index in [4.69, 9.17) is 5.73 Å². The van der Waals surface area contributed by atoms with Gasteiger partial charge in [-0.05, 0) is 49.9 Å². The van der Waals surface area contributed by atoms with Gasteiger partial charge in [0.1, 0.15) is 0 Å². The minimum absolute atomic E-state index is 0. The van der Waals surface area contributed by atoms with E-state index in [1.807, 2.05) is 42.5 Å². The molecule has 0 saturated carbocycles. The van der Waals surface area contributed by atoms with Crippen molar-refractivity contribution in [2.24, 2.45) is 5.73 Å². The highest BCUT2D eigenvalue weighted by molar-refractivity contribution is 5.94. The van der Waals surface area contributed by atoms with Gasteiger partial charge in [-0.3, -0.25) is 4.79 Å². The van der Waals surface area contributed by atoms with Crippen LogP contribution in [0.15, 0.2) is 54.6 Å². The van der Waals surface area contributed by atoms with Gasteiger partial charge in [0, 0.05) is 17.6 Å². The molecule has 0 bridgehead atoms. The van der Waals surface area contributed by atoms with Gasteiger partial charge in [0.05, 0.1) is 0 Å². The maximum absolute atomic E-state index is 12.3. The van der Waals surface area contributed by atoms with E-state index < -0.39 is 0 Å². The summed E-state index contributed by atoms with van der Waals surface area (Å²) < 4.78 is 0. The van der Waals surface area contributed by atoms with Gasteiger partial charge in [-0.1, -0.05) is 42.5 Å². The summed E-state index contributed by atoms with van der Waals surface area (Å²) in [5.41, 5.74) is 8.31. The van der Waals surface area contributed by atoms with Crippen LogP contribution in [0.5, 0.6) is 0 Å². The molecule has 1 amide bonds. The first kappa shape index (κ1) is 19.2. The molecule has 0 aromatic heterocycles. The number of carbonyl (C=O) groups is 1. The van der Waals surface area contributed by atoms with E-state index in [1.165, 1.54) is 5.56 Å². The SMILES string of the molecule is CC(C)(CCc1ccccc1)NC(=O)c1ccc(CN)cc1.Cl. The molecule has 0 aliphatic carbocycles. The molecule has 2 aromatic carbocycles. The highest BCUT2D eigenvalue weighted by Gasteiger charge is 2.20. The van der Waals surface area contributed by atoms with Crippen molar-refractivity contribution in [3.8, 4) is 0 Å². The van der Waals surface area contributed by atoms with Crippen molar-refractivity contribution in [1.29, 1.82) is 0 Å². The second-order valence-corrected chi connectivity index (χ2v) is 6.22. The normalized spacial score (nSPS) is 10.7. The zero-order chi connectivity index (χ0) is 16.0. The Balaban J connectivity index is 0.00000264. The van der Waals surface area contributed by atoms with Crippen LogP contribution in [0.2, 0.25) is 0 Å². The first-order valence-electron chi connectivity index (χ1n) is 7.66. The molecule has 0 radical (unpaired) electrons. The number of nitrogens with two attached hydrogens (primary N) is 1. The zero-order valence-corrected chi connectivity index (χ0v) is 14.5. The van der Waals surface area contributed by atoms with E-state index in [9.17, 15) is 4.79 Å². The lowest BCUT2D eigenvalue weighted by Crippen LogP contribution is -2.43. The molecule has 2 rings (SSSR count). The van der Waals surface area contributed by atoms with Crippen molar-refractivity contribution in [3.63, 3.8) is 0 Å². The summed E-state index contributed by atoms with van der Waals surface area (Å²) in [5.74, 6) is -0.0402. The fourth-order valence-electron chi connectivity index (χ4n) is 2.34. The van der Waals surface area contributed by atoms with Crippen LogP contribution in [0.25, 0.3) is 0 Å². The van der Waals surface area contributed by atoms with Crippen molar-refractivity contribution in [1.82, 2.24) is 5.32 Å². The largest absolute Gasteiger partial charge is 0.347 e. The lowest BCUT2D eigenvalue weighted by molar-refractivity contribution is 0.0909. The maximum Gasteiger partial charge on any atom is 0.251 e. The number of halogens is 1. The van der Waals surface area contributed by atoms with Crippen LogP contribution >= 0.6 is 12.4 Å². The summed E-state index contributed by atoms with van der Waals surface area (Å²) in [6, 6.07) is 17.8. The fraction of sp³-hybridized carbons (Fsp3) is 0.316. The molecule has 23 heavy (non-hydrogen) atoms. The molecular weight excluding hydrogens is 308 g/mol. The number of benzene rings is 2. The van der Waals surface area contributed by atoms with E-state index >= 15 is 0 Å². The summed E-state index contributed by atoms with van der Waals surface area (Å²) >= 11 is 0. The first-order valence-corrected chi connectivity index (χ1v) is 7.66. The predicted molar refractivity (Wildman–Crippen MR) is 97.9 cm³/mol. The summed E-state index contributed by atoms with van der Waals surface area (Å²) in [4.78, 5) is 12.3. The van der Waals surface area contributed by atoms with E-state index in [2.05, 4.69) is 31.3 Å². The molecule has 2 aromatic rings. The molecular formula is C19H25ClN2O. The van der Waals surface area contributed by atoms with Crippen molar-refractivity contribution < 1.29 is 4.79 Å². The van der Waals surface area contributed by atoms with Crippen LogP contribution in [0, 0.1) is 0 Å². The molecule has 4 heteroatoms. The average molecular weight is 333 g/mol. The molecule has 0 unspecified atom stereocenters. The Kier molecular flexibility index (Phi) is 7.27. The van der Waals surface area contributed by atoms with Crippen LogP contribution in [0.1, 0.15) is 41.8 Å². The van der Waals surface area contributed by atoms with E-state index in [1.54, 1.807) is 0 Å². The lowest BCUT2D eigenvalue weighted by Gasteiger charge is -2.26. The van der Waals surface area contributed by atoms with E-state index in [0.717, 1.165) is 18.4 Å². The third-order valence-electron chi connectivity index (χ3n) is 3.79. The van der Waals surface area contributed by atoms with Gasteiger partial charge in [-0.2, -0.15) is 0 Å². The van der Waals surface area contributed by atoms with E-state index in [0.29, 0.717) is 12.1 Å². The van der Waals surface area contributed by atoms with Crippen molar-refractivity contribution >= 4 is 18.3 Å². The Morgan fingerprint density at radius 3 is 2.17 bits per heavy atom. The number of amides is 1. The van der Waals surface area contributed by atoms with Crippen LogP contribution in [-0.4, -0.2) is 11.4 Å². The summed E-state index contributed by atoms with van der Waals surface area (Å²) in [6.07, 6.45) is 1.84. The van der Waals surface area contributed by atoms with E-state index in [-0.39, 0.29) is 23.9 Å². The topological polar surface area (TPSA) is 55.1 Å². The van der Waals surface area contributed by atoms with Gasteiger partial charge >= 0.3 is 0 Å². The van der Waals surface area contributed by atoms with Crippen molar-refractivity contribution in [3.05, 3.63) is 71.3 Å². The number of aryl methyl sites for hydroxylation is 1. The van der Waals surface area contributed by atoms with Crippen molar-refractivity contribution in [2.45, 2.75) is 38.8 Å². The maximum atomic E-state index is 12.3. The Morgan fingerprint density at radius 1 is 1.00 bits per heavy atom. The van der Waals surface area contributed by atoms with Gasteiger partial charge < -0.3 is 11.1 Å². The molecule has 3 N–H and O–H groups in total. The third-order valence-corrected chi connectivity index (χ3v) is 3.79. The Morgan fingerprint density at radius 2 is 1.61 bits per heavy atom. The zero-order valence-electron chi connectivity index (χ0n) is 13.7. The second-order valence-electron chi connectivity index (χ2n) is 6.22. The monoisotopic (exact) mass is 332 g/mol. The number of hydrogen-bond donors (Lipinski definition) is 2. The Hall–Kier alpha value is -1.84. The van der Waals surface area contributed by atoms with Crippen LogP contribution < -0.4 is 11.1 Å². The molecule has 3 nitrogen and oxygen atoms in total. The van der Waals surface area contributed by atoms with Crippen molar-refractivity contribution in [2.75, 3.05) is 0 Å². The van der Waals surface area contributed by atoms with Gasteiger partial charge in [0.15, 0.2) is 0 Å². The Labute approximate surface area is 144 Å². The molecule has 0 heterocycles. The molecule has 0 fully saturated rings. The van der Waals surface area contributed by atoms with Gasteiger partial charge in [-0.15, -0.1) is 12.4 Å². The fourth-order valence-corrected chi connectivity index (χ4v) is 2.34. The lowest BCUT2D eigenvalue weighted by atomic mass is 9.94. The first-order chi connectivity index (χ1) is 10.5. The highest BCUT2D eigenvalue weighted by Crippen LogP contribution is 2.15. The number of rotatable bonds is 6. The quantitative estimate of drug-likeness (QED) is 0.847. The molecule has 0 aliphatic heterocycles. The molecule has 0 aliphatic rings. The van der Waals surface area contributed by atoms with Crippen LogP contribution in [-0.2, 0) is 13.0 Å². The average Bonchev–Trinajstić information content (AvgIpc) is 2.54. The molecule has 124 valence electrons. The summed E-state index contributed by atoms with van der Waals surface area (Å²) in [7, 11) is 0. The van der Waals surface area contributed by atoms with Gasteiger partial charge in [0.25, 0.3) is 5.91 Å². The number of hydrogen-bond acceptors (Lipinski definition) is 2. The predicted octanol–water partition coefficient (Wildman–Crippen LogP) is 3.71. The van der Waals surface area contributed by atoms with Crippen LogP contribution in [0.3, 0.4) is 0 Å². The molecule has 0 spiro atoms. The summed E-state index contributed by atoms with van der Waals surface area (Å²) in [5, 5.41) is 3.11. The third kappa shape index (κ3) is 6.05. The molecule has 0 atom stereocenters.